The summed E-state index contributed by atoms with van der Waals surface area (Å²) in [5, 5.41) is 15.4. The summed E-state index contributed by atoms with van der Waals surface area (Å²) >= 11 is 0. The number of carbonyl (C=O) groups is 3. The average Bonchev–Trinajstić information content (AvgIpc) is 2.76. The van der Waals surface area contributed by atoms with Gasteiger partial charge in [0.2, 0.25) is 11.8 Å². The number of amides is 3. The number of rotatable bonds is 9. The quantitative estimate of drug-likeness (QED) is 0.488. The van der Waals surface area contributed by atoms with Crippen molar-refractivity contribution >= 4 is 17.9 Å². The SMILES string of the molecule is C=CCN(C(=O)C(C)NC(=O)OC(C)(C)C)C(C(=O)NCc1ccccc1)c1cccc(O)c1. The largest absolute Gasteiger partial charge is 0.508 e. The molecular weight excluding hydrogens is 434 g/mol. The molecule has 34 heavy (non-hydrogen) atoms. The molecule has 0 aliphatic carbocycles. The fourth-order valence-electron chi connectivity index (χ4n) is 3.31. The first-order valence-electron chi connectivity index (χ1n) is 11.0. The van der Waals surface area contributed by atoms with Gasteiger partial charge in [0.1, 0.15) is 23.4 Å². The minimum absolute atomic E-state index is 0.0377. The van der Waals surface area contributed by atoms with Crippen molar-refractivity contribution in [3.8, 4) is 5.75 Å². The van der Waals surface area contributed by atoms with E-state index in [1.165, 1.54) is 30.0 Å². The van der Waals surface area contributed by atoms with E-state index in [-0.39, 0.29) is 18.8 Å². The third kappa shape index (κ3) is 7.95. The molecule has 0 saturated carbocycles. The van der Waals surface area contributed by atoms with E-state index < -0.39 is 35.6 Å². The van der Waals surface area contributed by atoms with Gasteiger partial charge in [0.15, 0.2) is 0 Å². The van der Waals surface area contributed by atoms with Gasteiger partial charge in [-0.05, 0) is 51.0 Å². The lowest BCUT2D eigenvalue weighted by atomic mass is 10.0. The van der Waals surface area contributed by atoms with Crippen LogP contribution in [-0.4, -0.2) is 46.1 Å². The maximum Gasteiger partial charge on any atom is 0.408 e. The van der Waals surface area contributed by atoms with E-state index in [2.05, 4.69) is 17.2 Å². The Bertz CT molecular complexity index is 1000. The number of alkyl carbamates (subject to hydrolysis) is 1. The molecule has 0 aliphatic heterocycles. The van der Waals surface area contributed by atoms with Gasteiger partial charge in [0.05, 0.1) is 0 Å². The van der Waals surface area contributed by atoms with Crippen LogP contribution in [0.4, 0.5) is 4.79 Å². The topological polar surface area (TPSA) is 108 Å². The molecule has 3 N–H and O–H groups in total. The normalized spacial score (nSPS) is 12.7. The van der Waals surface area contributed by atoms with Gasteiger partial charge in [0.25, 0.3) is 0 Å². The number of phenols is 1. The monoisotopic (exact) mass is 467 g/mol. The van der Waals surface area contributed by atoms with Gasteiger partial charge in [-0.25, -0.2) is 4.79 Å². The minimum atomic E-state index is -1.07. The van der Waals surface area contributed by atoms with Crippen LogP contribution in [0.15, 0.2) is 67.3 Å². The van der Waals surface area contributed by atoms with Crippen LogP contribution >= 0.6 is 0 Å². The van der Waals surface area contributed by atoms with Gasteiger partial charge in [0, 0.05) is 13.1 Å². The second-order valence-corrected chi connectivity index (χ2v) is 8.85. The number of carbonyl (C=O) groups excluding carboxylic acids is 3. The van der Waals surface area contributed by atoms with Crippen LogP contribution in [0, 0.1) is 0 Å². The Hall–Kier alpha value is -3.81. The van der Waals surface area contributed by atoms with Crippen LogP contribution in [0.25, 0.3) is 0 Å². The fraction of sp³-hybridized carbons (Fsp3) is 0.346. The van der Waals surface area contributed by atoms with Crippen molar-refractivity contribution in [1.29, 1.82) is 0 Å². The van der Waals surface area contributed by atoms with Crippen molar-refractivity contribution in [1.82, 2.24) is 15.5 Å². The maximum absolute atomic E-state index is 13.4. The summed E-state index contributed by atoms with van der Waals surface area (Å²) in [6, 6.07) is 13.5. The Kier molecular flexibility index (Phi) is 9.24. The summed E-state index contributed by atoms with van der Waals surface area (Å²) in [7, 11) is 0. The highest BCUT2D eigenvalue weighted by Gasteiger charge is 2.34. The summed E-state index contributed by atoms with van der Waals surface area (Å²) in [4.78, 5) is 40.2. The zero-order valence-corrected chi connectivity index (χ0v) is 20.1. The number of aromatic hydroxyl groups is 1. The molecule has 2 unspecified atom stereocenters. The molecule has 0 aliphatic rings. The molecule has 0 spiro atoms. The van der Waals surface area contributed by atoms with Crippen molar-refractivity contribution < 1.29 is 24.2 Å². The highest BCUT2D eigenvalue weighted by Crippen LogP contribution is 2.25. The van der Waals surface area contributed by atoms with E-state index in [4.69, 9.17) is 4.74 Å². The van der Waals surface area contributed by atoms with Gasteiger partial charge in [-0.15, -0.1) is 6.58 Å². The van der Waals surface area contributed by atoms with Crippen molar-refractivity contribution in [3.63, 3.8) is 0 Å². The second-order valence-electron chi connectivity index (χ2n) is 8.85. The van der Waals surface area contributed by atoms with E-state index in [1.54, 1.807) is 32.9 Å². The number of phenolic OH excluding ortho intramolecular Hbond substituents is 1. The van der Waals surface area contributed by atoms with Crippen molar-refractivity contribution in [2.24, 2.45) is 0 Å². The predicted molar refractivity (Wildman–Crippen MR) is 130 cm³/mol. The summed E-state index contributed by atoms with van der Waals surface area (Å²) in [5.74, 6) is -0.979. The van der Waals surface area contributed by atoms with E-state index in [9.17, 15) is 19.5 Å². The molecule has 3 amide bonds. The summed E-state index contributed by atoms with van der Waals surface area (Å²) < 4.78 is 5.24. The lowest BCUT2D eigenvalue weighted by molar-refractivity contribution is -0.141. The fourth-order valence-corrected chi connectivity index (χ4v) is 3.31. The van der Waals surface area contributed by atoms with Gasteiger partial charge < -0.3 is 25.4 Å². The average molecular weight is 468 g/mol. The minimum Gasteiger partial charge on any atom is -0.508 e. The van der Waals surface area contributed by atoms with E-state index in [1.807, 2.05) is 30.3 Å². The molecule has 2 rings (SSSR count). The molecule has 8 heteroatoms. The zero-order chi connectivity index (χ0) is 25.3. The molecule has 8 nitrogen and oxygen atoms in total. The number of hydrogen-bond donors (Lipinski definition) is 3. The van der Waals surface area contributed by atoms with Gasteiger partial charge in [-0.3, -0.25) is 9.59 Å². The Labute approximate surface area is 200 Å². The molecule has 182 valence electrons. The molecule has 0 fully saturated rings. The number of hydrogen-bond acceptors (Lipinski definition) is 5. The molecule has 2 aromatic rings. The maximum atomic E-state index is 13.4. The molecule has 0 heterocycles. The summed E-state index contributed by atoms with van der Waals surface area (Å²) in [5.41, 5.74) is 0.590. The Morgan fingerprint density at radius 3 is 2.38 bits per heavy atom. The lowest BCUT2D eigenvalue weighted by Gasteiger charge is -2.33. The Morgan fingerprint density at radius 2 is 1.79 bits per heavy atom. The number of nitrogens with one attached hydrogen (secondary N) is 2. The van der Waals surface area contributed by atoms with E-state index in [0.29, 0.717) is 5.56 Å². The van der Waals surface area contributed by atoms with Crippen LogP contribution in [-0.2, 0) is 20.9 Å². The molecule has 0 radical (unpaired) electrons. The molecule has 0 aromatic heterocycles. The van der Waals surface area contributed by atoms with E-state index in [0.717, 1.165) is 5.56 Å². The highest BCUT2D eigenvalue weighted by molar-refractivity contribution is 5.92. The van der Waals surface area contributed by atoms with Gasteiger partial charge in [-0.2, -0.15) is 0 Å². The standard InChI is InChI=1S/C26H33N3O5/c1-6-15-29(24(32)18(2)28-25(33)34-26(3,4)5)22(20-13-10-14-21(30)16-20)23(31)27-17-19-11-8-7-9-12-19/h6-14,16,18,22,30H,1,15,17H2,2-5H3,(H,27,31)(H,28,33). The van der Waals surface area contributed by atoms with Gasteiger partial charge >= 0.3 is 6.09 Å². The van der Waals surface area contributed by atoms with E-state index >= 15 is 0 Å². The first-order valence-corrected chi connectivity index (χ1v) is 11.0. The van der Waals surface area contributed by atoms with Crippen molar-refractivity contribution in [2.75, 3.05) is 6.54 Å². The Morgan fingerprint density at radius 1 is 1.12 bits per heavy atom. The molecule has 2 aromatic carbocycles. The summed E-state index contributed by atoms with van der Waals surface area (Å²) in [6.07, 6.45) is 0.757. The Balaban J connectivity index is 2.31. The smallest absolute Gasteiger partial charge is 0.408 e. The first kappa shape index (κ1) is 26.4. The lowest BCUT2D eigenvalue weighted by Crippen LogP contribution is -2.51. The molecule has 0 saturated heterocycles. The zero-order valence-electron chi connectivity index (χ0n) is 20.1. The van der Waals surface area contributed by atoms with Crippen LogP contribution < -0.4 is 10.6 Å². The van der Waals surface area contributed by atoms with Crippen LogP contribution in [0.5, 0.6) is 5.75 Å². The molecule has 0 bridgehead atoms. The van der Waals surface area contributed by atoms with Crippen molar-refractivity contribution in [3.05, 3.63) is 78.4 Å². The van der Waals surface area contributed by atoms with Crippen LogP contribution in [0.2, 0.25) is 0 Å². The summed E-state index contributed by atoms with van der Waals surface area (Å²) in [6.45, 7) is 10.7. The number of ether oxygens (including phenoxy) is 1. The van der Waals surface area contributed by atoms with Crippen LogP contribution in [0.1, 0.15) is 44.9 Å². The first-order chi connectivity index (χ1) is 16.0. The number of nitrogens with zero attached hydrogens (tertiary/aromatic N) is 1. The van der Waals surface area contributed by atoms with Gasteiger partial charge in [-0.1, -0.05) is 48.5 Å². The predicted octanol–water partition coefficient (Wildman–Crippen LogP) is 3.68. The third-order valence-electron chi connectivity index (χ3n) is 4.77. The number of benzene rings is 2. The van der Waals surface area contributed by atoms with Crippen molar-refractivity contribution in [2.45, 2.75) is 51.9 Å². The third-order valence-corrected chi connectivity index (χ3v) is 4.77. The molecule has 2 atom stereocenters. The van der Waals surface area contributed by atoms with Crippen LogP contribution in [0.3, 0.4) is 0 Å². The molecular formula is C26H33N3O5. The second kappa shape index (κ2) is 11.9. The highest BCUT2D eigenvalue weighted by atomic mass is 16.6.